The fraction of sp³-hybridized carbons (Fsp3) is 0.462. The molecule has 17 heavy (non-hydrogen) atoms. The monoisotopic (exact) mass is 312 g/mol. The largest absolute Gasteiger partial charge is 0.389 e. The normalized spacial score (nSPS) is 17.2. The van der Waals surface area contributed by atoms with Crippen LogP contribution < -0.4 is 10.6 Å². The van der Waals surface area contributed by atoms with Gasteiger partial charge in [0.25, 0.3) is 0 Å². The van der Waals surface area contributed by atoms with E-state index in [1.807, 2.05) is 6.07 Å². The third kappa shape index (κ3) is 2.99. The van der Waals surface area contributed by atoms with Crippen molar-refractivity contribution in [3.05, 3.63) is 28.2 Å². The SMILES string of the molecule is CC1CCN(c2ccc(Br)cc2C(N)=S)CC1. The molecule has 1 aromatic carbocycles. The standard InChI is InChI=1S/C13H17BrN2S/c1-9-4-6-16(7-5-9)12-3-2-10(14)8-11(12)13(15)17/h2-3,8-9H,4-7H2,1H3,(H2,15,17). The number of thiocarbonyl (C=S) groups is 1. The van der Waals surface area contributed by atoms with Gasteiger partial charge in [0.05, 0.1) is 0 Å². The summed E-state index contributed by atoms with van der Waals surface area (Å²) in [5.41, 5.74) is 7.95. The van der Waals surface area contributed by atoms with Gasteiger partial charge in [0, 0.05) is 28.8 Å². The fourth-order valence-electron chi connectivity index (χ4n) is 2.23. The summed E-state index contributed by atoms with van der Waals surface area (Å²) in [4.78, 5) is 2.86. The molecule has 0 aliphatic carbocycles. The molecule has 1 saturated heterocycles. The van der Waals surface area contributed by atoms with Crippen molar-refractivity contribution in [2.75, 3.05) is 18.0 Å². The highest BCUT2D eigenvalue weighted by atomic mass is 79.9. The predicted octanol–water partition coefficient (Wildman–Crippen LogP) is 3.32. The minimum absolute atomic E-state index is 0.472. The Balaban J connectivity index is 2.28. The van der Waals surface area contributed by atoms with Gasteiger partial charge in [0.2, 0.25) is 0 Å². The van der Waals surface area contributed by atoms with Crippen molar-refractivity contribution in [3.8, 4) is 0 Å². The van der Waals surface area contributed by atoms with E-state index in [4.69, 9.17) is 18.0 Å². The molecule has 1 aliphatic rings. The number of nitrogens with zero attached hydrogens (tertiary/aromatic N) is 1. The lowest BCUT2D eigenvalue weighted by Gasteiger charge is -2.33. The van der Waals surface area contributed by atoms with E-state index in [-0.39, 0.29) is 0 Å². The number of hydrogen-bond donors (Lipinski definition) is 1. The molecule has 0 radical (unpaired) electrons. The maximum Gasteiger partial charge on any atom is 0.106 e. The summed E-state index contributed by atoms with van der Waals surface area (Å²) in [5.74, 6) is 0.829. The van der Waals surface area contributed by atoms with Crippen LogP contribution in [0.5, 0.6) is 0 Å². The second-order valence-electron chi connectivity index (χ2n) is 4.70. The molecule has 0 spiro atoms. The zero-order valence-corrected chi connectivity index (χ0v) is 12.4. The molecule has 1 aliphatic heterocycles. The summed E-state index contributed by atoms with van der Waals surface area (Å²) in [6.45, 7) is 4.50. The lowest BCUT2D eigenvalue weighted by molar-refractivity contribution is 0.438. The van der Waals surface area contributed by atoms with Crippen molar-refractivity contribution in [1.82, 2.24) is 0 Å². The molecule has 4 heteroatoms. The van der Waals surface area contributed by atoms with Crippen molar-refractivity contribution in [3.63, 3.8) is 0 Å². The Morgan fingerprint density at radius 3 is 2.65 bits per heavy atom. The fourth-order valence-corrected chi connectivity index (χ4v) is 2.76. The zero-order valence-electron chi connectivity index (χ0n) is 9.95. The number of nitrogens with two attached hydrogens (primary N) is 1. The Labute approximate surface area is 116 Å². The van der Waals surface area contributed by atoms with Gasteiger partial charge in [-0.3, -0.25) is 0 Å². The molecule has 0 unspecified atom stereocenters. The van der Waals surface area contributed by atoms with Crippen molar-refractivity contribution < 1.29 is 0 Å². The Bertz CT molecular complexity index is 425. The second kappa shape index (κ2) is 5.36. The molecule has 1 heterocycles. The molecule has 2 rings (SSSR count). The maximum atomic E-state index is 5.80. The molecule has 0 amide bonds. The first-order chi connectivity index (χ1) is 8.08. The highest BCUT2D eigenvalue weighted by molar-refractivity contribution is 9.10. The Kier molecular flexibility index (Phi) is 4.05. The van der Waals surface area contributed by atoms with Gasteiger partial charge in [-0.15, -0.1) is 0 Å². The van der Waals surface area contributed by atoms with Crippen LogP contribution in [0.25, 0.3) is 0 Å². The summed E-state index contributed by atoms with van der Waals surface area (Å²) in [6.07, 6.45) is 2.49. The number of halogens is 1. The Morgan fingerprint density at radius 1 is 1.41 bits per heavy atom. The van der Waals surface area contributed by atoms with Gasteiger partial charge in [0.15, 0.2) is 0 Å². The molecule has 1 fully saturated rings. The highest BCUT2D eigenvalue weighted by Crippen LogP contribution is 2.28. The number of piperidine rings is 1. The first kappa shape index (κ1) is 12.8. The van der Waals surface area contributed by atoms with Crippen molar-refractivity contribution >= 4 is 38.8 Å². The van der Waals surface area contributed by atoms with Gasteiger partial charge >= 0.3 is 0 Å². The van der Waals surface area contributed by atoms with E-state index in [0.717, 1.165) is 29.0 Å². The van der Waals surface area contributed by atoms with Gasteiger partial charge in [-0.1, -0.05) is 35.1 Å². The van der Waals surface area contributed by atoms with Gasteiger partial charge in [-0.25, -0.2) is 0 Å². The molecule has 2 nitrogen and oxygen atoms in total. The molecular weight excluding hydrogens is 296 g/mol. The van der Waals surface area contributed by atoms with Crippen LogP contribution in [0, 0.1) is 5.92 Å². The first-order valence-corrected chi connectivity index (χ1v) is 7.12. The van der Waals surface area contributed by atoms with Gasteiger partial charge in [-0.05, 0) is 37.0 Å². The predicted molar refractivity (Wildman–Crippen MR) is 80.6 cm³/mol. The third-order valence-corrected chi connectivity index (χ3v) is 4.06. The second-order valence-corrected chi connectivity index (χ2v) is 6.05. The number of anilines is 1. The van der Waals surface area contributed by atoms with E-state index in [9.17, 15) is 0 Å². The van der Waals surface area contributed by atoms with E-state index >= 15 is 0 Å². The van der Waals surface area contributed by atoms with E-state index in [1.54, 1.807) is 0 Å². The quantitative estimate of drug-likeness (QED) is 0.849. The van der Waals surface area contributed by atoms with E-state index in [2.05, 4.69) is 39.9 Å². The molecule has 92 valence electrons. The summed E-state index contributed by atoms with van der Waals surface area (Å²) >= 11 is 8.60. The highest BCUT2D eigenvalue weighted by Gasteiger charge is 2.19. The molecule has 1 aromatic rings. The minimum atomic E-state index is 0.472. The molecule has 0 saturated carbocycles. The van der Waals surface area contributed by atoms with Crippen LogP contribution >= 0.6 is 28.1 Å². The van der Waals surface area contributed by atoms with Crippen molar-refractivity contribution in [2.24, 2.45) is 11.7 Å². The van der Waals surface area contributed by atoms with Gasteiger partial charge < -0.3 is 10.6 Å². The van der Waals surface area contributed by atoms with E-state index < -0.39 is 0 Å². The Hall–Kier alpha value is -0.610. The van der Waals surface area contributed by atoms with Crippen LogP contribution in [-0.4, -0.2) is 18.1 Å². The summed E-state index contributed by atoms with van der Waals surface area (Å²) in [7, 11) is 0. The van der Waals surface area contributed by atoms with E-state index in [1.165, 1.54) is 18.5 Å². The number of benzene rings is 1. The van der Waals surface area contributed by atoms with Gasteiger partial charge in [0.1, 0.15) is 4.99 Å². The first-order valence-electron chi connectivity index (χ1n) is 5.92. The smallest absolute Gasteiger partial charge is 0.106 e. The zero-order chi connectivity index (χ0) is 12.4. The van der Waals surface area contributed by atoms with Crippen LogP contribution in [0.2, 0.25) is 0 Å². The van der Waals surface area contributed by atoms with Crippen LogP contribution in [-0.2, 0) is 0 Å². The lowest BCUT2D eigenvalue weighted by atomic mass is 9.98. The molecule has 0 aromatic heterocycles. The third-order valence-electron chi connectivity index (χ3n) is 3.35. The van der Waals surface area contributed by atoms with Gasteiger partial charge in [-0.2, -0.15) is 0 Å². The summed E-state index contributed by atoms with van der Waals surface area (Å²) in [5, 5.41) is 0. The molecular formula is C13H17BrN2S. The van der Waals surface area contributed by atoms with Crippen LogP contribution in [0.3, 0.4) is 0 Å². The molecule has 0 bridgehead atoms. The lowest BCUT2D eigenvalue weighted by Crippen LogP contribution is -2.34. The average Bonchev–Trinajstić information content (AvgIpc) is 2.30. The summed E-state index contributed by atoms with van der Waals surface area (Å²) < 4.78 is 1.02. The number of rotatable bonds is 2. The maximum absolute atomic E-state index is 5.80. The van der Waals surface area contributed by atoms with Crippen LogP contribution in [0.15, 0.2) is 22.7 Å². The van der Waals surface area contributed by atoms with E-state index in [0.29, 0.717) is 4.99 Å². The average molecular weight is 313 g/mol. The number of hydrogen-bond acceptors (Lipinski definition) is 2. The van der Waals surface area contributed by atoms with Crippen molar-refractivity contribution in [2.45, 2.75) is 19.8 Å². The molecule has 2 N–H and O–H groups in total. The van der Waals surface area contributed by atoms with Crippen molar-refractivity contribution in [1.29, 1.82) is 0 Å². The van der Waals surface area contributed by atoms with Crippen LogP contribution in [0.1, 0.15) is 25.3 Å². The minimum Gasteiger partial charge on any atom is -0.389 e. The Morgan fingerprint density at radius 2 is 2.06 bits per heavy atom. The summed E-state index contributed by atoms with van der Waals surface area (Å²) in [6, 6.07) is 6.17. The van der Waals surface area contributed by atoms with Crippen LogP contribution in [0.4, 0.5) is 5.69 Å². The molecule has 0 atom stereocenters. The topological polar surface area (TPSA) is 29.3 Å².